The van der Waals surface area contributed by atoms with Crippen molar-refractivity contribution in [3.05, 3.63) is 0 Å². The largest absolute Gasteiger partial charge is 0.673 e. The van der Waals surface area contributed by atoms with Crippen molar-refractivity contribution in [1.82, 2.24) is 0 Å². The van der Waals surface area contributed by atoms with Crippen LogP contribution in [-0.4, -0.2) is 36.7 Å². The zero-order chi connectivity index (χ0) is 32.4. The number of carbonyl (C=O) groups is 2. The van der Waals surface area contributed by atoms with Gasteiger partial charge in [0.2, 0.25) is 0 Å². The number of hydrogen-bond donors (Lipinski definition) is 2. The average molecular weight is 746 g/mol. The predicted molar refractivity (Wildman–Crippen MR) is 115 cm³/mol. The van der Waals surface area contributed by atoms with E-state index in [2.05, 4.69) is 0 Å². The van der Waals surface area contributed by atoms with Gasteiger partial charge in [0.1, 0.15) is 0 Å². The molecule has 0 amide bonds. The molecule has 0 unspecified atom stereocenters. The second kappa shape index (κ2) is 84.1. The number of nitriles is 6. The second-order valence-electron chi connectivity index (χ2n) is 3.37. The Morgan fingerprint density at radius 2 is 0.474 bits per heavy atom. The van der Waals surface area contributed by atoms with Gasteiger partial charge in [0.05, 0.1) is 36.4 Å². The molecule has 0 aromatic carbocycles. The summed E-state index contributed by atoms with van der Waals surface area (Å²) in [4.78, 5) is 18.0. The number of carboxylic acid groups (broad SMARTS) is 2. The fraction of sp³-hybridized carbons (Fsp3) is 0.500. The van der Waals surface area contributed by atoms with Gasteiger partial charge in [-0.15, -0.1) is 0 Å². The monoisotopic (exact) mass is 746 g/mol. The van der Waals surface area contributed by atoms with E-state index in [4.69, 9.17) is 51.4 Å². The molecule has 0 saturated carbocycles. The third-order valence-electron chi connectivity index (χ3n) is 0. The predicted octanol–water partition coefficient (Wildman–Crippen LogP) is 5.96. The molecule has 0 bridgehead atoms. The number of nitrogens with zero attached hydrogens (tertiary/aromatic N) is 6. The Balaban J connectivity index is -0.0000000198. The summed E-state index contributed by atoms with van der Waals surface area (Å²) in [6, 6.07) is 10.5. The zero-order valence-electron chi connectivity index (χ0n) is 21.2. The maximum absolute atomic E-state index is 9.75. The minimum atomic E-state index is -6.00. The van der Waals surface area contributed by atoms with Crippen LogP contribution in [0.2, 0.25) is 0 Å². The topological polar surface area (TPSA) is 217 Å². The fourth-order valence-corrected chi connectivity index (χ4v) is 0. The van der Waals surface area contributed by atoms with Gasteiger partial charge in [-0.1, -0.05) is 0 Å². The number of hydrogen-bond acceptors (Lipinski definition) is 8. The Morgan fingerprint density at radius 1 is 0.474 bits per heavy atom. The molecule has 2 N–H and O–H groups in total. The van der Waals surface area contributed by atoms with E-state index in [0.29, 0.717) is 0 Å². The van der Waals surface area contributed by atoms with Crippen LogP contribution < -0.4 is 0 Å². The summed E-state index contributed by atoms with van der Waals surface area (Å²) in [6.07, 6.45) is 0. The van der Waals surface area contributed by atoms with Crippen molar-refractivity contribution >= 4 is 26.4 Å². The minimum Gasteiger partial charge on any atom is -0.481 e. The van der Waals surface area contributed by atoms with E-state index >= 15 is 0 Å². The average Bonchev–Trinajstić information content (AvgIpc) is 2.54. The molecule has 0 rings (SSSR count). The zero-order valence-corrected chi connectivity index (χ0v) is 24.5. The molecule has 0 atom stereocenters. The van der Waals surface area contributed by atoms with Gasteiger partial charge in [0.25, 0.3) is 11.9 Å². The summed E-state index contributed by atoms with van der Waals surface area (Å²) in [7, 11) is -12.0. The maximum Gasteiger partial charge on any atom is 0.673 e. The third-order valence-corrected chi connectivity index (χ3v) is 0. The standard InChI is InChI=1S/6C2H3N.2C2H4O2.2BF4.2Rh/c6*1-2-3;2*1-2(3)4;2*2-1(3,4)5;;/h6*1H3;2*1H3,(H,3,4);;;;/q;;;;;;;;2*-1;;. The van der Waals surface area contributed by atoms with Crippen molar-refractivity contribution < 1.29 is 93.3 Å². The van der Waals surface area contributed by atoms with Crippen molar-refractivity contribution in [2.24, 2.45) is 0 Å². The minimum absolute atomic E-state index is 0. The van der Waals surface area contributed by atoms with Crippen LogP contribution in [-0.2, 0) is 48.5 Å². The van der Waals surface area contributed by atoms with Crippen LogP contribution in [0.5, 0.6) is 0 Å². The van der Waals surface area contributed by atoms with E-state index in [0.717, 1.165) is 13.8 Å². The smallest absolute Gasteiger partial charge is 0.481 e. The van der Waals surface area contributed by atoms with E-state index in [1.54, 1.807) is 36.4 Å². The molecule has 0 saturated heterocycles. The molecular formula is C16H26B2F8N6O4Rh2-2. The molecule has 38 heavy (non-hydrogen) atoms. The quantitative estimate of drug-likeness (QED) is 0.219. The Kier molecular flexibility index (Phi) is 169. The first-order valence-electron chi connectivity index (χ1n) is 7.94. The Morgan fingerprint density at radius 3 is 0.474 bits per heavy atom. The van der Waals surface area contributed by atoms with Gasteiger partial charge in [0.15, 0.2) is 0 Å². The molecule has 0 aliphatic carbocycles. The molecule has 226 valence electrons. The summed E-state index contributed by atoms with van der Waals surface area (Å²) < 4.78 is 78.0. The molecule has 10 nitrogen and oxygen atoms in total. The fourth-order valence-electron chi connectivity index (χ4n) is 0. The van der Waals surface area contributed by atoms with E-state index in [1.807, 2.05) is 0 Å². The van der Waals surface area contributed by atoms with E-state index in [1.165, 1.54) is 41.5 Å². The summed E-state index contributed by atoms with van der Waals surface area (Å²) in [5.74, 6) is -1.67. The van der Waals surface area contributed by atoms with Gasteiger partial charge in [0, 0.05) is 94.3 Å². The molecule has 0 aliphatic heterocycles. The molecular weight excluding hydrogens is 720 g/mol. The van der Waals surface area contributed by atoms with Crippen LogP contribution in [0.1, 0.15) is 55.4 Å². The van der Waals surface area contributed by atoms with Crippen molar-refractivity contribution in [2.45, 2.75) is 55.4 Å². The van der Waals surface area contributed by atoms with E-state index in [-0.39, 0.29) is 39.0 Å². The van der Waals surface area contributed by atoms with Gasteiger partial charge >= 0.3 is 14.5 Å². The second-order valence-corrected chi connectivity index (χ2v) is 3.37. The summed E-state index contributed by atoms with van der Waals surface area (Å²) in [5, 5.41) is 58.7. The van der Waals surface area contributed by atoms with Crippen LogP contribution in [0.15, 0.2) is 0 Å². The molecule has 0 heterocycles. The summed E-state index contributed by atoms with van der Waals surface area (Å²) >= 11 is 0. The molecule has 0 aromatic rings. The summed E-state index contributed by atoms with van der Waals surface area (Å²) in [6.45, 7) is 10.8. The molecule has 0 aromatic heterocycles. The van der Waals surface area contributed by atoms with Crippen LogP contribution in [0.3, 0.4) is 0 Å². The van der Waals surface area contributed by atoms with Gasteiger partial charge in [-0.3, -0.25) is 9.59 Å². The van der Waals surface area contributed by atoms with Crippen LogP contribution in [0.4, 0.5) is 34.5 Å². The van der Waals surface area contributed by atoms with Gasteiger partial charge in [-0.05, 0) is 0 Å². The molecule has 0 fully saturated rings. The van der Waals surface area contributed by atoms with Crippen LogP contribution in [0, 0.1) is 68.0 Å². The van der Waals surface area contributed by atoms with Crippen molar-refractivity contribution in [3.63, 3.8) is 0 Å². The number of carboxylic acids is 2. The molecule has 0 aliphatic rings. The SMILES string of the molecule is CC#N.CC#N.CC#N.CC#N.CC#N.CC#N.CC(=O)O.CC(=O)O.F[B-](F)(F)F.F[B-](F)(F)F.[Rh].[Rh]. The first-order valence-corrected chi connectivity index (χ1v) is 7.94. The van der Waals surface area contributed by atoms with Gasteiger partial charge < -0.3 is 44.7 Å². The van der Waals surface area contributed by atoms with Crippen molar-refractivity contribution in [2.75, 3.05) is 0 Å². The maximum atomic E-state index is 9.75. The molecule has 22 heteroatoms. The molecule has 0 spiro atoms. The normalized spacial score (nSPS) is 5.74. The Labute approximate surface area is 242 Å². The summed E-state index contributed by atoms with van der Waals surface area (Å²) in [5.41, 5.74) is 0. The molecule has 2 radical (unpaired) electrons. The van der Waals surface area contributed by atoms with E-state index < -0.39 is 26.4 Å². The number of aliphatic carboxylic acids is 2. The first kappa shape index (κ1) is 76.5. The van der Waals surface area contributed by atoms with Gasteiger partial charge in [-0.2, -0.15) is 31.6 Å². The van der Waals surface area contributed by atoms with Crippen molar-refractivity contribution in [3.8, 4) is 36.4 Å². The van der Waals surface area contributed by atoms with Gasteiger partial charge in [-0.25, -0.2) is 0 Å². The number of rotatable bonds is 0. The van der Waals surface area contributed by atoms with Crippen LogP contribution >= 0.6 is 0 Å². The van der Waals surface area contributed by atoms with E-state index in [9.17, 15) is 34.5 Å². The van der Waals surface area contributed by atoms with Crippen molar-refractivity contribution in [1.29, 1.82) is 31.6 Å². The first-order chi connectivity index (χ1) is 15.9. The third kappa shape index (κ3) is 3010. The number of halogens is 8. The Hall–Kier alpha value is -3.30. The Bertz CT molecular complexity index is 572. The van der Waals surface area contributed by atoms with Crippen LogP contribution in [0.25, 0.3) is 0 Å².